The molecule has 0 heterocycles. The van der Waals surface area contributed by atoms with Crippen molar-refractivity contribution in [2.45, 2.75) is 19.4 Å². The highest BCUT2D eigenvalue weighted by molar-refractivity contribution is 5.97. The molecule has 0 fully saturated rings. The normalized spacial score (nSPS) is 13.1. The van der Waals surface area contributed by atoms with Crippen molar-refractivity contribution >= 4 is 11.8 Å². The SMILES string of the molecule is C[C@@H](C#N)C[C@@H](NC(=O)c1ccccc1)C(N)=O. The Bertz CT molecular complexity index is 465. The van der Waals surface area contributed by atoms with Crippen molar-refractivity contribution < 1.29 is 9.59 Å². The molecule has 0 aliphatic carbocycles. The average Bonchev–Trinajstić information content (AvgIpc) is 2.38. The van der Waals surface area contributed by atoms with Crippen LogP contribution in [-0.4, -0.2) is 17.9 Å². The predicted molar refractivity (Wildman–Crippen MR) is 66.3 cm³/mol. The summed E-state index contributed by atoms with van der Waals surface area (Å²) in [7, 11) is 0. The topological polar surface area (TPSA) is 96.0 Å². The fourth-order valence-corrected chi connectivity index (χ4v) is 1.48. The zero-order chi connectivity index (χ0) is 13.5. The van der Waals surface area contributed by atoms with Crippen LogP contribution < -0.4 is 11.1 Å². The Hall–Kier alpha value is -2.35. The van der Waals surface area contributed by atoms with Gasteiger partial charge in [0.25, 0.3) is 5.91 Å². The lowest BCUT2D eigenvalue weighted by atomic mass is 10.0. The number of hydrogen-bond acceptors (Lipinski definition) is 3. The van der Waals surface area contributed by atoms with Crippen molar-refractivity contribution in [2.75, 3.05) is 0 Å². The highest BCUT2D eigenvalue weighted by atomic mass is 16.2. The van der Waals surface area contributed by atoms with Crippen molar-refractivity contribution in [3.8, 4) is 6.07 Å². The van der Waals surface area contributed by atoms with Gasteiger partial charge in [-0.1, -0.05) is 18.2 Å². The molecule has 0 aromatic heterocycles. The number of nitrogens with one attached hydrogen (secondary N) is 1. The largest absolute Gasteiger partial charge is 0.368 e. The van der Waals surface area contributed by atoms with E-state index < -0.39 is 11.9 Å². The van der Waals surface area contributed by atoms with Crippen LogP contribution in [0.3, 0.4) is 0 Å². The summed E-state index contributed by atoms with van der Waals surface area (Å²) in [5, 5.41) is 11.2. The molecule has 0 radical (unpaired) electrons. The molecule has 2 atom stereocenters. The number of primary amides is 1. The maximum Gasteiger partial charge on any atom is 0.251 e. The van der Waals surface area contributed by atoms with Gasteiger partial charge in [0.2, 0.25) is 5.91 Å². The maximum atomic E-state index is 11.8. The molecule has 3 N–H and O–H groups in total. The van der Waals surface area contributed by atoms with E-state index in [9.17, 15) is 9.59 Å². The number of carbonyl (C=O) groups excluding carboxylic acids is 2. The van der Waals surface area contributed by atoms with Crippen LogP contribution >= 0.6 is 0 Å². The lowest BCUT2D eigenvalue weighted by Gasteiger charge is -2.16. The molecule has 1 aromatic carbocycles. The molecule has 0 saturated heterocycles. The van der Waals surface area contributed by atoms with Gasteiger partial charge in [-0.2, -0.15) is 5.26 Å². The molecular formula is C13H15N3O2. The summed E-state index contributed by atoms with van der Waals surface area (Å²) in [4.78, 5) is 23.0. The first-order valence-electron chi connectivity index (χ1n) is 5.59. The summed E-state index contributed by atoms with van der Waals surface area (Å²) < 4.78 is 0. The number of nitrogens with two attached hydrogens (primary N) is 1. The van der Waals surface area contributed by atoms with Gasteiger partial charge in [0, 0.05) is 11.5 Å². The first-order valence-corrected chi connectivity index (χ1v) is 5.59. The summed E-state index contributed by atoms with van der Waals surface area (Å²) in [6.45, 7) is 1.67. The van der Waals surface area contributed by atoms with Gasteiger partial charge in [0.15, 0.2) is 0 Å². The van der Waals surface area contributed by atoms with Gasteiger partial charge in [-0.05, 0) is 25.5 Å². The van der Waals surface area contributed by atoms with E-state index in [0.717, 1.165) is 0 Å². The molecule has 0 aliphatic heterocycles. The summed E-state index contributed by atoms with van der Waals surface area (Å²) in [5.74, 6) is -1.36. The van der Waals surface area contributed by atoms with E-state index >= 15 is 0 Å². The molecule has 18 heavy (non-hydrogen) atoms. The minimum atomic E-state index is -0.827. The third-order valence-electron chi connectivity index (χ3n) is 2.49. The van der Waals surface area contributed by atoms with Crippen molar-refractivity contribution in [3.05, 3.63) is 35.9 Å². The first kappa shape index (κ1) is 13.7. The zero-order valence-corrected chi connectivity index (χ0v) is 10.1. The fourth-order valence-electron chi connectivity index (χ4n) is 1.48. The Morgan fingerprint density at radius 2 is 2.00 bits per heavy atom. The van der Waals surface area contributed by atoms with Crippen LogP contribution in [0.15, 0.2) is 30.3 Å². The van der Waals surface area contributed by atoms with Crippen LogP contribution in [0.5, 0.6) is 0 Å². The molecule has 1 aromatic rings. The van der Waals surface area contributed by atoms with Crippen molar-refractivity contribution in [2.24, 2.45) is 11.7 Å². The highest BCUT2D eigenvalue weighted by Gasteiger charge is 2.21. The van der Waals surface area contributed by atoms with Crippen LogP contribution in [-0.2, 0) is 4.79 Å². The molecule has 0 saturated carbocycles. The van der Waals surface area contributed by atoms with Crippen molar-refractivity contribution in [1.82, 2.24) is 5.32 Å². The highest BCUT2D eigenvalue weighted by Crippen LogP contribution is 2.06. The summed E-state index contributed by atoms with van der Waals surface area (Å²) >= 11 is 0. The zero-order valence-electron chi connectivity index (χ0n) is 10.1. The first-order chi connectivity index (χ1) is 8.54. The molecule has 5 nitrogen and oxygen atoms in total. The van der Waals surface area contributed by atoms with Gasteiger partial charge in [0.05, 0.1) is 6.07 Å². The lowest BCUT2D eigenvalue weighted by molar-refractivity contribution is -0.120. The van der Waals surface area contributed by atoms with Crippen LogP contribution in [0.2, 0.25) is 0 Å². The van der Waals surface area contributed by atoms with E-state index in [1.165, 1.54) is 0 Å². The van der Waals surface area contributed by atoms with Crippen LogP contribution in [0, 0.1) is 17.2 Å². The standard InChI is InChI=1S/C13H15N3O2/c1-9(8-14)7-11(12(15)17)16-13(18)10-5-3-2-4-6-10/h2-6,9,11H,7H2,1H3,(H2,15,17)(H,16,18)/t9-,11-/m1/s1. The third kappa shape index (κ3) is 3.91. The van der Waals surface area contributed by atoms with E-state index in [0.29, 0.717) is 5.56 Å². The number of hydrogen-bond donors (Lipinski definition) is 2. The minimum Gasteiger partial charge on any atom is -0.368 e. The van der Waals surface area contributed by atoms with Crippen LogP contribution in [0.25, 0.3) is 0 Å². The van der Waals surface area contributed by atoms with E-state index in [1.807, 2.05) is 6.07 Å². The molecular weight excluding hydrogens is 230 g/mol. The smallest absolute Gasteiger partial charge is 0.251 e. The van der Waals surface area contributed by atoms with Gasteiger partial charge in [0.1, 0.15) is 6.04 Å². The Kier molecular flexibility index (Phi) is 4.88. The lowest BCUT2D eigenvalue weighted by Crippen LogP contribution is -2.45. The molecule has 94 valence electrons. The summed E-state index contributed by atoms with van der Waals surface area (Å²) in [5.41, 5.74) is 5.66. The summed E-state index contributed by atoms with van der Waals surface area (Å²) in [6, 6.07) is 9.71. The van der Waals surface area contributed by atoms with Crippen LogP contribution in [0.1, 0.15) is 23.7 Å². The molecule has 1 rings (SSSR count). The van der Waals surface area contributed by atoms with Gasteiger partial charge >= 0.3 is 0 Å². The number of nitrogens with zero attached hydrogens (tertiary/aromatic N) is 1. The quantitative estimate of drug-likeness (QED) is 0.803. The second-order valence-corrected chi connectivity index (χ2v) is 4.06. The van der Waals surface area contributed by atoms with Gasteiger partial charge in [-0.15, -0.1) is 0 Å². The third-order valence-corrected chi connectivity index (χ3v) is 2.49. The number of rotatable bonds is 5. The number of benzene rings is 1. The number of carbonyl (C=O) groups is 2. The predicted octanol–water partition coefficient (Wildman–Crippen LogP) is 0.820. The Labute approximate surface area is 106 Å². The molecule has 0 aliphatic rings. The van der Waals surface area contributed by atoms with Gasteiger partial charge < -0.3 is 11.1 Å². The van der Waals surface area contributed by atoms with E-state index in [1.54, 1.807) is 37.3 Å². The molecule has 5 heteroatoms. The molecule has 0 unspecified atom stereocenters. The van der Waals surface area contributed by atoms with E-state index in [4.69, 9.17) is 11.0 Å². The van der Waals surface area contributed by atoms with Crippen LogP contribution in [0.4, 0.5) is 0 Å². The molecule has 0 spiro atoms. The van der Waals surface area contributed by atoms with Gasteiger partial charge in [-0.3, -0.25) is 9.59 Å². The summed E-state index contributed by atoms with van der Waals surface area (Å²) in [6.07, 6.45) is 0.213. The maximum absolute atomic E-state index is 11.8. The van der Waals surface area contributed by atoms with E-state index in [2.05, 4.69) is 5.32 Å². The molecule has 0 bridgehead atoms. The second kappa shape index (κ2) is 6.40. The Balaban J connectivity index is 2.71. The Morgan fingerprint density at radius 1 is 1.39 bits per heavy atom. The van der Waals surface area contributed by atoms with E-state index in [-0.39, 0.29) is 18.2 Å². The Morgan fingerprint density at radius 3 is 2.50 bits per heavy atom. The fraction of sp³-hybridized carbons (Fsp3) is 0.308. The average molecular weight is 245 g/mol. The number of amides is 2. The second-order valence-electron chi connectivity index (χ2n) is 4.06. The molecule has 2 amide bonds. The van der Waals surface area contributed by atoms with Crippen molar-refractivity contribution in [1.29, 1.82) is 5.26 Å². The number of nitriles is 1. The minimum absolute atomic E-state index is 0.213. The monoisotopic (exact) mass is 245 g/mol. The van der Waals surface area contributed by atoms with Gasteiger partial charge in [-0.25, -0.2) is 0 Å². The van der Waals surface area contributed by atoms with Crippen molar-refractivity contribution in [3.63, 3.8) is 0 Å².